The van der Waals surface area contributed by atoms with E-state index in [-0.39, 0.29) is 28.3 Å². The summed E-state index contributed by atoms with van der Waals surface area (Å²) in [5.74, 6) is -0.0743. The third-order valence-electron chi connectivity index (χ3n) is 4.64. The monoisotopic (exact) mass is 480 g/mol. The molecule has 33 heavy (non-hydrogen) atoms. The van der Waals surface area contributed by atoms with Crippen LogP contribution in [0.15, 0.2) is 71.8 Å². The molecule has 0 saturated heterocycles. The molecule has 166 valence electrons. The fourth-order valence-corrected chi connectivity index (χ4v) is 3.30. The molecular formula is C24H19Cl2FN6. The van der Waals surface area contributed by atoms with Crippen molar-refractivity contribution in [2.24, 2.45) is 5.10 Å². The van der Waals surface area contributed by atoms with E-state index in [9.17, 15) is 4.39 Å². The van der Waals surface area contributed by atoms with E-state index in [1.165, 1.54) is 12.1 Å². The maximum Gasteiger partial charge on any atom is 0.248 e. The molecule has 0 radical (unpaired) electrons. The second-order valence-electron chi connectivity index (χ2n) is 7.16. The molecule has 4 rings (SSSR count). The zero-order chi connectivity index (χ0) is 23.2. The van der Waals surface area contributed by atoms with Crippen LogP contribution in [0.4, 0.5) is 16.3 Å². The third-order valence-corrected chi connectivity index (χ3v) is 5.21. The van der Waals surface area contributed by atoms with Crippen LogP contribution in [-0.2, 0) is 6.54 Å². The van der Waals surface area contributed by atoms with Gasteiger partial charge in [0, 0.05) is 11.6 Å². The number of nitrogens with zero attached hydrogens (tertiary/aromatic N) is 4. The van der Waals surface area contributed by atoms with Crippen LogP contribution in [0.25, 0.3) is 11.4 Å². The van der Waals surface area contributed by atoms with Crippen LogP contribution < -0.4 is 10.7 Å². The molecular weight excluding hydrogens is 462 g/mol. The fourth-order valence-electron chi connectivity index (χ4n) is 2.93. The molecule has 6 nitrogen and oxygen atoms in total. The summed E-state index contributed by atoms with van der Waals surface area (Å²) in [5, 5.41) is 8.15. The molecule has 0 atom stereocenters. The highest BCUT2D eigenvalue weighted by molar-refractivity contribution is 6.33. The van der Waals surface area contributed by atoms with E-state index < -0.39 is 5.82 Å². The van der Waals surface area contributed by atoms with Crippen molar-refractivity contribution in [3.63, 3.8) is 0 Å². The summed E-state index contributed by atoms with van der Waals surface area (Å²) in [6.45, 7) is 2.44. The van der Waals surface area contributed by atoms with Gasteiger partial charge in [0.05, 0.1) is 16.8 Å². The van der Waals surface area contributed by atoms with Gasteiger partial charge in [-0.05, 0) is 42.3 Å². The molecule has 0 fully saturated rings. The zero-order valence-corrected chi connectivity index (χ0v) is 19.1. The number of hydrazone groups is 1. The van der Waals surface area contributed by atoms with Crippen molar-refractivity contribution in [2.45, 2.75) is 13.5 Å². The van der Waals surface area contributed by atoms with E-state index in [1.54, 1.807) is 24.4 Å². The highest BCUT2D eigenvalue weighted by atomic mass is 35.5. The highest BCUT2D eigenvalue weighted by Crippen LogP contribution is 2.29. The Morgan fingerprint density at radius 1 is 0.909 bits per heavy atom. The van der Waals surface area contributed by atoms with Crippen molar-refractivity contribution >= 4 is 41.3 Å². The Balaban J connectivity index is 1.62. The van der Waals surface area contributed by atoms with Crippen molar-refractivity contribution in [3.05, 3.63) is 99.3 Å². The van der Waals surface area contributed by atoms with Crippen LogP contribution in [-0.4, -0.2) is 21.2 Å². The maximum absolute atomic E-state index is 14.5. The van der Waals surface area contributed by atoms with Crippen LogP contribution >= 0.6 is 23.2 Å². The van der Waals surface area contributed by atoms with E-state index in [4.69, 9.17) is 23.2 Å². The first-order valence-electron chi connectivity index (χ1n) is 10.0. The summed E-state index contributed by atoms with van der Waals surface area (Å²) in [7, 11) is 0. The molecule has 4 aromatic rings. The van der Waals surface area contributed by atoms with Gasteiger partial charge in [0.1, 0.15) is 5.82 Å². The van der Waals surface area contributed by atoms with Crippen LogP contribution in [0.1, 0.15) is 16.7 Å². The molecule has 0 unspecified atom stereocenters. The number of anilines is 2. The van der Waals surface area contributed by atoms with Crippen molar-refractivity contribution in [1.29, 1.82) is 0 Å². The van der Waals surface area contributed by atoms with E-state index in [1.807, 2.05) is 43.3 Å². The Kier molecular flexibility index (Phi) is 7.12. The van der Waals surface area contributed by atoms with Crippen LogP contribution in [0.3, 0.4) is 0 Å². The molecule has 1 aromatic heterocycles. The smallest absolute Gasteiger partial charge is 0.248 e. The molecule has 0 aliphatic carbocycles. The minimum absolute atomic E-state index is 0.0831. The lowest BCUT2D eigenvalue weighted by Gasteiger charge is -2.10. The molecule has 0 spiro atoms. The van der Waals surface area contributed by atoms with Crippen molar-refractivity contribution in [2.75, 3.05) is 10.7 Å². The quantitative estimate of drug-likeness (QED) is 0.238. The lowest BCUT2D eigenvalue weighted by molar-refractivity contribution is 0.630. The van der Waals surface area contributed by atoms with Crippen molar-refractivity contribution in [3.8, 4) is 11.4 Å². The Labute approximate surface area is 200 Å². The van der Waals surface area contributed by atoms with Gasteiger partial charge in [0.15, 0.2) is 5.82 Å². The van der Waals surface area contributed by atoms with Gasteiger partial charge in [-0.3, -0.25) is 0 Å². The Morgan fingerprint density at radius 2 is 1.64 bits per heavy atom. The largest absolute Gasteiger partial charge is 0.350 e. The van der Waals surface area contributed by atoms with Crippen LogP contribution in [0, 0.1) is 12.7 Å². The number of hydrogen-bond acceptors (Lipinski definition) is 6. The predicted octanol–water partition coefficient (Wildman–Crippen LogP) is 6.35. The second-order valence-corrected chi connectivity index (χ2v) is 8.01. The molecule has 1 heterocycles. The number of halogens is 3. The topological polar surface area (TPSA) is 75.1 Å². The molecule has 0 aliphatic heterocycles. The fraction of sp³-hybridized carbons (Fsp3) is 0.0833. The second kappa shape index (κ2) is 10.4. The van der Waals surface area contributed by atoms with Crippen molar-refractivity contribution < 1.29 is 4.39 Å². The van der Waals surface area contributed by atoms with Gasteiger partial charge in [-0.25, -0.2) is 9.82 Å². The maximum atomic E-state index is 14.5. The molecule has 0 bridgehead atoms. The minimum atomic E-state index is -0.536. The van der Waals surface area contributed by atoms with Gasteiger partial charge >= 0.3 is 0 Å². The average molecular weight is 481 g/mol. The van der Waals surface area contributed by atoms with E-state index in [0.717, 1.165) is 16.7 Å². The van der Waals surface area contributed by atoms with Gasteiger partial charge in [0.25, 0.3) is 0 Å². The molecule has 9 heteroatoms. The standard InChI is InChI=1S/C24H19Cl2FN6/c1-15-5-7-17(8-6-15)14-29-33-24-31-22(21-19(26)3-2-4-20(21)27)30-23(32-24)28-13-16-9-11-18(25)12-10-16/h2-12,14H,13H2,1H3,(H2,28,30,31,32,33)/b29-14+. The number of hydrogen-bond donors (Lipinski definition) is 2. The average Bonchev–Trinajstić information content (AvgIpc) is 2.80. The first-order valence-corrected chi connectivity index (χ1v) is 10.8. The van der Waals surface area contributed by atoms with Gasteiger partial charge < -0.3 is 5.32 Å². The van der Waals surface area contributed by atoms with Gasteiger partial charge in [0.2, 0.25) is 11.9 Å². The molecule has 3 aromatic carbocycles. The zero-order valence-electron chi connectivity index (χ0n) is 17.6. The summed E-state index contributed by atoms with van der Waals surface area (Å²) in [4.78, 5) is 13.0. The highest BCUT2D eigenvalue weighted by Gasteiger charge is 2.15. The number of benzene rings is 3. The predicted molar refractivity (Wildman–Crippen MR) is 131 cm³/mol. The number of rotatable bonds is 7. The third kappa shape index (κ3) is 6.03. The Morgan fingerprint density at radius 3 is 2.36 bits per heavy atom. The molecule has 0 aliphatic rings. The Hall–Kier alpha value is -3.55. The summed E-state index contributed by atoms with van der Waals surface area (Å²) >= 11 is 12.2. The first-order chi connectivity index (χ1) is 16.0. The lowest BCUT2D eigenvalue weighted by atomic mass is 10.2. The number of aryl methyl sites for hydroxylation is 1. The summed E-state index contributed by atoms with van der Waals surface area (Å²) in [6, 6.07) is 19.6. The van der Waals surface area contributed by atoms with E-state index in [2.05, 4.69) is 30.8 Å². The van der Waals surface area contributed by atoms with Gasteiger partial charge in [-0.15, -0.1) is 0 Å². The van der Waals surface area contributed by atoms with Crippen LogP contribution in [0.2, 0.25) is 10.0 Å². The molecule has 0 saturated carbocycles. The minimum Gasteiger partial charge on any atom is -0.350 e. The van der Waals surface area contributed by atoms with Crippen LogP contribution in [0.5, 0.6) is 0 Å². The lowest BCUT2D eigenvalue weighted by Crippen LogP contribution is -2.09. The summed E-state index contributed by atoms with van der Waals surface area (Å²) in [6.07, 6.45) is 1.64. The van der Waals surface area contributed by atoms with E-state index >= 15 is 0 Å². The first kappa shape index (κ1) is 22.6. The van der Waals surface area contributed by atoms with Gasteiger partial charge in [-0.2, -0.15) is 20.1 Å². The molecule has 0 amide bonds. The number of aromatic nitrogens is 3. The number of nitrogens with one attached hydrogen (secondary N) is 2. The summed E-state index contributed by atoms with van der Waals surface area (Å²) < 4.78 is 14.5. The van der Waals surface area contributed by atoms with Crippen molar-refractivity contribution in [1.82, 2.24) is 15.0 Å². The normalized spacial score (nSPS) is 11.0. The Bertz CT molecular complexity index is 1260. The SMILES string of the molecule is Cc1ccc(/C=N/Nc2nc(NCc3ccc(Cl)cc3)nc(-c3c(F)cccc3Cl)n2)cc1. The van der Waals surface area contributed by atoms with Gasteiger partial charge in [-0.1, -0.05) is 71.2 Å². The van der Waals surface area contributed by atoms with E-state index in [0.29, 0.717) is 11.6 Å². The summed E-state index contributed by atoms with van der Waals surface area (Å²) in [5.41, 5.74) is 5.90. The molecule has 2 N–H and O–H groups in total.